The minimum absolute atomic E-state index is 0.224. The van der Waals surface area contributed by atoms with Crippen LogP contribution in [0.15, 0.2) is 60.7 Å². The van der Waals surface area contributed by atoms with Gasteiger partial charge in [0.2, 0.25) is 0 Å². The van der Waals surface area contributed by atoms with Gasteiger partial charge in [-0.25, -0.2) is 0 Å². The highest BCUT2D eigenvalue weighted by Crippen LogP contribution is 2.51. The third-order valence-electron chi connectivity index (χ3n) is 6.38. The smallest absolute Gasteiger partial charge is 0.123 e. The highest BCUT2D eigenvalue weighted by molar-refractivity contribution is 7.73. The minimum atomic E-state index is -0.224. The molecule has 2 aromatic carbocycles. The third-order valence-corrected chi connectivity index (χ3v) is 9.39. The first-order valence-corrected chi connectivity index (χ1v) is 12.5. The Kier molecular flexibility index (Phi) is 8.28. The highest BCUT2D eigenvalue weighted by atomic mass is 31.1. The van der Waals surface area contributed by atoms with Crippen molar-refractivity contribution < 1.29 is 4.79 Å². The molecule has 28 heavy (non-hydrogen) atoms. The molecule has 0 radical (unpaired) electrons. The monoisotopic (exact) mass is 394 g/mol. The van der Waals surface area contributed by atoms with Gasteiger partial charge in [0.05, 0.1) is 0 Å². The Morgan fingerprint density at radius 1 is 0.786 bits per heavy atom. The number of carbonyl (C=O) groups excluding carboxylic acids is 1. The molecule has 0 heterocycles. The molecule has 2 heteroatoms. The second-order valence-corrected chi connectivity index (χ2v) is 11.1. The van der Waals surface area contributed by atoms with Gasteiger partial charge in [0, 0.05) is 5.92 Å². The number of benzene rings is 2. The summed E-state index contributed by atoms with van der Waals surface area (Å²) in [6.45, 7) is 4.82. The fourth-order valence-electron chi connectivity index (χ4n) is 4.87. The van der Waals surface area contributed by atoms with E-state index in [4.69, 9.17) is 0 Å². The Hall–Kier alpha value is -1.46. The van der Waals surface area contributed by atoms with E-state index in [1.165, 1.54) is 32.1 Å². The molecule has 2 aromatic rings. The van der Waals surface area contributed by atoms with Crippen molar-refractivity contribution >= 4 is 24.8 Å². The molecule has 2 atom stereocenters. The SMILES string of the molecule is CC(C)C1CCCC1P(c1ccccc1)c1ccccc1.O=CC1CCCC1. The predicted octanol–water partition coefficient (Wildman–Crippen LogP) is 6.32. The number of hydrogen-bond acceptors (Lipinski definition) is 1. The quantitative estimate of drug-likeness (QED) is 0.428. The molecular formula is C26H35OP. The molecule has 0 aliphatic heterocycles. The van der Waals surface area contributed by atoms with Crippen LogP contribution in [0, 0.1) is 17.8 Å². The van der Waals surface area contributed by atoms with Crippen molar-refractivity contribution in [2.75, 3.05) is 0 Å². The molecule has 2 saturated carbocycles. The van der Waals surface area contributed by atoms with Crippen LogP contribution in [-0.4, -0.2) is 11.9 Å². The lowest BCUT2D eigenvalue weighted by atomic mass is 9.94. The van der Waals surface area contributed by atoms with Crippen LogP contribution in [0.3, 0.4) is 0 Å². The van der Waals surface area contributed by atoms with E-state index in [0.29, 0.717) is 5.92 Å². The summed E-state index contributed by atoms with van der Waals surface area (Å²) in [5.41, 5.74) is 0.852. The normalized spacial score (nSPS) is 22.3. The van der Waals surface area contributed by atoms with Crippen molar-refractivity contribution in [2.24, 2.45) is 17.8 Å². The Bertz CT molecular complexity index is 651. The Balaban J connectivity index is 0.000000271. The molecule has 2 fully saturated rings. The molecule has 0 amide bonds. The van der Waals surface area contributed by atoms with Crippen LogP contribution < -0.4 is 10.6 Å². The van der Waals surface area contributed by atoms with Gasteiger partial charge in [-0.3, -0.25) is 0 Å². The first kappa shape index (κ1) is 21.3. The van der Waals surface area contributed by atoms with Gasteiger partial charge < -0.3 is 4.79 Å². The first-order chi connectivity index (χ1) is 13.7. The van der Waals surface area contributed by atoms with Gasteiger partial charge in [-0.1, -0.05) is 93.8 Å². The molecule has 0 spiro atoms. The van der Waals surface area contributed by atoms with Gasteiger partial charge in [-0.05, 0) is 61.7 Å². The van der Waals surface area contributed by atoms with Gasteiger partial charge in [0.15, 0.2) is 0 Å². The Morgan fingerprint density at radius 2 is 1.32 bits per heavy atom. The number of aldehydes is 1. The zero-order valence-electron chi connectivity index (χ0n) is 17.5. The molecule has 2 aliphatic rings. The van der Waals surface area contributed by atoms with E-state index in [9.17, 15) is 4.79 Å². The first-order valence-electron chi connectivity index (χ1n) is 11.1. The van der Waals surface area contributed by atoms with Gasteiger partial charge in [0.1, 0.15) is 6.29 Å². The molecule has 1 nitrogen and oxygen atoms in total. The summed E-state index contributed by atoms with van der Waals surface area (Å²) in [4.78, 5) is 10.0. The summed E-state index contributed by atoms with van der Waals surface area (Å²) < 4.78 is 0. The third kappa shape index (κ3) is 5.54. The van der Waals surface area contributed by atoms with Gasteiger partial charge in [-0.15, -0.1) is 0 Å². The number of rotatable bonds is 5. The van der Waals surface area contributed by atoms with E-state index in [0.717, 1.165) is 36.6 Å². The fourth-order valence-corrected chi connectivity index (χ4v) is 8.24. The van der Waals surface area contributed by atoms with E-state index in [1.54, 1.807) is 10.6 Å². The maximum Gasteiger partial charge on any atom is 0.123 e. The maximum absolute atomic E-state index is 10.0. The van der Waals surface area contributed by atoms with Gasteiger partial charge >= 0.3 is 0 Å². The lowest BCUT2D eigenvalue weighted by Crippen LogP contribution is -2.27. The average Bonchev–Trinajstić information content (AvgIpc) is 3.43. The van der Waals surface area contributed by atoms with E-state index in [2.05, 4.69) is 74.5 Å². The van der Waals surface area contributed by atoms with Crippen LogP contribution in [0.5, 0.6) is 0 Å². The summed E-state index contributed by atoms with van der Waals surface area (Å²) in [6.07, 6.45) is 10.1. The van der Waals surface area contributed by atoms with Gasteiger partial charge in [-0.2, -0.15) is 0 Å². The maximum atomic E-state index is 10.0. The second kappa shape index (κ2) is 10.9. The standard InChI is InChI=1S/C20H25P.C6H10O/c1-16(2)19-14-9-15-20(19)21(17-10-5-3-6-11-17)18-12-7-4-8-13-18;7-5-6-3-1-2-4-6/h3-8,10-13,16,19-20H,9,14-15H2,1-2H3;5-6H,1-4H2. The molecule has 0 bridgehead atoms. The zero-order valence-corrected chi connectivity index (χ0v) is 18.4. The van der Waals surface area contributed by atoms with E-state index in [1.807, 2.05) is 0 Å². The van der Waals surface area contributed by atoms with Crippen LogP contribution in [0.2, 0.25) is 0 Å². The van der Waals surface area contributed by atoms with Crippen molar-refractivity contribution in [1.82, 2.24) is 0 Å². The largest absolute Gasteiger partial charge is 0.303 e. The topological polar surface area (TPSA) is 17.1 Å². The summed E-state index contributed by atoms with van der Waals surface area (Å²) in [7, 11) is -0.224. The minimum Gasteiger partial charge on any atom is -0.303 e. The van der Waals surface area contributed by atoms with Crippen molar-refractivity contribution in [3.05, 3.63) is 60.7 Å². The molecule has 0 aromatic heterocycles. The lowest BCUT2D eigenvalue weighted by molar-refractivity contribution is -0.110. The molecule has 0 N–H and O–H groups in total. The lowest BCUT2D eigenvalue weighted by Gasteiger charge is -2.32. The molecule has 0 saturated heterocycles. The average molecular weight is 395 g/mol. The summed E-state index contributed by atoms with van der Waals surface area (Å²) >= 11 is 0. The van der Waals surface area contributed by atoms with Crippen LogP contribution in [0.25, 0.3) is 0 Å². The van der Waals surface area contributed by atoms with Crippen LogP contribution in [0.1, 0.15) is 58.8 Å². The fraction of sp³-hybridized carbons (Fsp3) is 0.500. The van der Waals surface area contributed by atoms with Crippen molar-refractivity contribution in [3.63, 3.8) is 0 Å². The molecule has 4 rings (SSSR count). The predicted molar refractivity (Wildman–Crippen MR) is 123 cm³/mol. The summed E-state index contributed by atoms with van der Waals surface area (Å²) in [5.74, 6) is 2.10. The molecule has 2 aliphatic carbocycles. The molecular weight excluding hydrogens is 359 g/mol. The Labute approximate surface area is 172 Å². The Morgan fingerprint density at radius 3 is 1.75 bits per heavy atom. The van der Waals surface area contributed by atoms with Crippen LogP contribution in [0.4, 0.5) is 0 Å². The van der Waals surface area contributed by atoms with E-state index in [-0.39, 0.29) is 7.92 Å². The zero-order chi connectivity index (χ0) is 19.8. The van der Waals surface area contributed by atoms with Crippen LogP contribution in [-0.2, 0) is 4.79 Å². The van der Waals surface area contributed by atoms with Gasteiger partial charge in [0.25, 0.3) is 0 Å². The summed E-state index contributed by atoms with van der Waals surface area (Å²) in [5, 5.41) is 3.10. The number of hydrogen-bond donors (Lipinski definition) is 0. The van der Waals surface area contributed by atoms with E-state index < -0.39 is 0 Å². The highest BCUT2D eigenvalue weighted by Gasteiger charge is 2.36. The molecule has 2 unspecified atom stereocenters. The number of carbonyl (C=O) groups is 1. The van der Waals surface area contributed by atoms with Crippen molar-refractivity contribution in [2.45, 2.75) is 64.5 Å². The van der Waals surface area contributed by atoms with E-state index >= 15 is 0 Å². The van der Waals surface area contributed by atoms with Crippen LogP contribution >= 0.6 is 7.92 Å². The summed E-state index contributed by atoms with van der Waals surface area (Å²) in [6, 6.07) is 22.4. The second-order valence-electron chi connectivity index (χ2n) is 8.63. The van der Waals surface area contributed by atoms with Crippen molar-refractivity contribution in [1.29, 1.82) is 0 Å². The molecule has 150 valence electrons. The van der Waals surface area contributed by atoms with Crippen molar-refractivity contribution in [3.8, 4) is 0 Å².